The van der Waals surface area contributed by atoms with Gasteiger partial charge in [-0.2, -0.15) is 8.78 Å². The summed E-state index contributed by atoms with van der Waals surface area (Å²) in [7, 11) is -9.69. The second-order valence-corrected chi connectivity index (χ2v) is 12.5. The molecule has 0 bridgehead atoms. The van der Waals surface area contributed by atoms with Gasteiger partial charge in [0.15, 0.2) is 0 Å². The van der Waals surface area contributed by atoms with Crippen molar-refractivity contribution in [1.82, 2.24) is 10.0 Å². The van der Waals surface area contributed by atoms with Gasteiger partial charge in [0.25, 0.3) is 0 Å². The third-order valence-electron chi connectivity index (χ3n) is 5.98. The molecular formula is C27H31F2N2O6PS. The molecule has 1 amide bonds. The molecular weight excluding hydrogens is 549 g/mol. The minimum absolute atomic E-state index is 0.161. The van der Waals surface area contributed by atoms with Crippen LogP contribution in [0, 0.1) is 0 Å². The van der Waals surface area contributed by atoms with Crippen LogP contribution in [0.4, 0.5) is 8.78 Å². The van der Waals surface area contributed by atoms with E-state index in [1.165, 1.54) is 17.7 Å². The van der Waals surface area contributed by atoms with Crippen LogP contribution in [0.3, 0.4) is 0 Å². The number of aryl methyl sites for hydroxylation is 1. The molecule has 39 heavy (non-hydrogen) atoms. The normalized spacial score (nSPS) is 13.1. The van der Waals surface area contributed by atoms with E-state index in [9.17, 15) is 26.6 Å². The molecule has 3 aromatic carbocycles. The molecule has 1 unspecified atom stereocenters. The second-order valence-electron chi connectivity index (χ2n) is 9.14. The average molecular weight is 581 g/mol. The average Bonchev–Trinajstić information content (AvgIpc) is 2.88. The standard InChI is InChI=1S/C27H31F2N2O6PS/c28-27(29,38(33,34)35)24-16-14-22(15-17-24)19-25(31-39(36,37)20-23-12-5-2-6-13-23)26(32)30-18-8-7-11-21-9-3-1-4-10-21/h1-6,9-10,12-17,25,31H,7-8,11,18-20H2,(H,30,32)(H2,33,34,35). The lowest BCUT2D eigenvalue weighted by atomic mass is 10.0. The molecule has 0 saturated carbocycles. The molecule has 8 nitrogen and oxygen atoms in total. The van der Waals surface area contributed by atoms with Gasteiger partial charge in [0.05, 0.1) is 5.75 Å². The van der Waals surface area contributed by atoms with Gasteiger partial charge in [0.1, 0.15) is 6.04 Å². The van der Waals surface area contributed by atoms with E-state index in [0.29, 0.717) is 24.1 Å². The van der Waals surface area contributed by atoms with Crippen LogP contribution >= 0.6 is 7.60 Å². The predicted molar refractivity (Wildman–Crippen MR) is 144 cm³/mol. The van der Waals surface area contributed by atoms with Crippen molar-refractivity contribution in [2.75, 3.05) is 6.54 Å². The monoisotopic (exact) mass is 580 g/mol. The lowest BCUT2D eigenvalue weighted by molar-refractivity contribution is -0.122. The number of alkyl halides is 2. The highest BCUT2D eigenvalue weighted by Gasteiger charge is 2.50. The van der Waals surface area contributed by atoms with Crippen LogP contribution in [-0.4, -0.2) is 36.7 Å². The third kappa shape index (κ3) is 9.33. The number of carbonyl (C=O) groups is 1. The highest BCUT2D eigenvalue weighted by molar-refractivity contribution is 7.88. The van der Waals surface area contributed by atoms with Crippen LogP contribution in [-0.2, 0) is 43.6 Å². The number of rotatable bonds is 14. The van der Waals surface area contributed by atoms with E-state index >= 15 is 0 Å². The van der Waals surface area contributed by atoms with Crippen LogP contribution in [0.5, 0.6) is 0 Å². The Hall–Kier alpha value is -2.95. The number of unbranched alkanes of at least 4 members (excludes halogenated alkanes) is 1. The molecule has 0 aliphatic heterocycles. The molecule has 0 fully saturated rings. The molecule has 210 valence electrons. The molecule has 0 aromatic heterocycles. The fourth-order valence-electron chi connectivity index (χ4n) is 3.92. The maximum absolute atomic E-state index is 14.0. The molecule has 3 aromatic rings. The minimum atomic E-state index is -5.74. The topological polar surface area (TPSA) is 133 Å². The fourth-order valence-corrected chi connectivity index (χ4v) is 5.74. The Bertz CT molecular complexity index is 1370. The number of amides is 1. The molecule has 0 spiro atoms. The summed E-state index contributed by atoms with van der Waals surface area (Å²) in [5.74, 6) is -0.932. The Morgan fingerprint density at radius 3 is 1.97 bits per heavy atom. The number of benzene rings is 3. The quantitative estimate of drug-likeness (QED) is 0.168. The molecule has 3 rings (SSSR count). The van der Waals surface area contributed by atoms with Gasteiger partial charge in [-0.05, 0) is 42.4 Å². The molecule has 4 N–H and O–H groups in total. The zero-order valence-corrected chi connectivity index (χ0v) is 22.8. The maximum atomic E-state index is 14.0. The van der Waals surface area contributed by atoms with Crippen molar-refractivity contribution >= 4 is 23.5 Å². The van der Waals surface area contributed by atoms with Gasteiger partial charge in [-0.3, -0.25) is 9.36 Å². The Morgan fingerprint density at radius 1 is 0.846 bits per heavy atom. The summed E-state index contributed by atoms with van der Waals surface area (Å²) < 4.78 is 67.3. The van der Waals surface area contributed by atoms with Gasteiger partial charge in [0.2, 0.25) is 15.9 Å². The van der Waals surface area contributed by atoms with E-state index in [1.54, 1.807) is 30.3 Å². The van der Waals surface area contributed by atoms with Gasteiger partial charge in [0, 0.05) is 12.1 Å². The van der Waals surface area contributed by atoms with Crippen LogP contribution in [0.15, 0.2) is 84.9 Å². The Kier molecular flexibility index (Phi) is 10.5. The van der Waals surface area contributed by atoms with E-state index in [1.807, 2.05) is 30.3 Å². The first-order valence-electron chi connectivity index (χ1n) is 12.3. The summed E-state index contributed by atoms with van der Waals surface area (Å²) in [4.78, 5) is 30.9. The van der Waals surface area contributed by atoms with Crippen molar-refractivity contribution in [3.05, 3.63) is 107 Å². The van der Waals surface area contributed by atoms with E-state index in [0.717, 1.165) is 25.0 Å². The summed E-state index contributed by atoms with van der Waals surface area (Å²) in [5, 5.41) is 2.74. The van der Waals surface area contributed by atoms with Gasteiger partial charge in [-0.25, -0.2) is 13.1 Å². The lowest BCUT2D eigenvalue weighted by Crippen LogP contribution is -2.48. The van der Waals surface area contributed by atoms with Crippen molar-refractivity contribution in [2.45, 2.75) is 43.1 Å². The van der Waals surface area contributed by atoms with Gasteiger partial charge < -0.3 is 15.1 Å². The number of carbonyl (C=O) groups excluding carboxylic acids is 1. The van der Waals surface area contributed by atoms with Crippen molar-refractivity contribution in [2.24, 2.45) is 0 Å². The van der Waals surface area contributed by atoms with Crippen LogP contribution in [0.2, 0.25) is 0 Å². The van der Waals surface area contributed by atoms with E-state index in [4.69, 9.17) is 9.79 Å². The second kappa shape index (κ2) is 13.4. The van der Waals surface area contributed by atoms with E-state index in [2.05, 4.69) is 10.0 Å². The number of sulfonamides is 1. The van der Waals surface area contributed by atoms with Crippen LogP contribution in [0.1, 0.15) is 35.1 Å². The molecule has 0 aliphatic rings. The maximum Gasteiger partial charge on any atom is 0.399 e. The first kappa shape index (κ1) is 30.6. The van der Waals surface area contributed by atoms with Crippen LogP contribution in [0.25, 0.3) is 0 Å². The number of hydrogen-bond donors (Lipinski definition) is 4. The zero-order valence-electron chi connectivity index (χ0n) is 21.0. The Balaban J connectivity index is 1.68. The first-order valence-corrected chi connectivity index (χ1v) is 15.5. The first-order chi connectivity index (χ1) is 18.4. The molecule has 0 radical (unpaired) electrons. The smallest absolute Gasteiger partial charge is 0.355 e. The third-order valence-corrected chi connectivity index (χ3v) is 8.33. The summed E-state index contributed by atoms with van der Waals surface area (Å²) in [6.45, 7) is 0.316. The molecule has 0 aliphatic carbocycles. The van der Waals surface area contributed by atoms with Crippen molar-refractivity contribution in [1.29, 1.82) is 0 Å². The zero-order chi connectivity index (χ0) is 28.5. The van der Waals surface area contributed by atoms with E-state index in [-0.39, 0.29) is 12.2 Å². The van der Waals surface area contributed by atoms with Gasteiger partial charge in [-0.1, -0.05) is 84.9 Å². The Labute approximate surface area is 226 Å². The SMILES string of the molecule is O=C(NCCCCc1ccccc1)C(Cc1ccc(C(F)(F)P(=O)(O)O)cc1)NS(=O)(=O)Cc1ccccc1. The summed E-state index contributed by atoms with van der Waals surface area (Å²) in [6, 6.07) is 21.1. The van der Waals surface area contributed by atoms with E-state index < -0.39 is 40.8 Å². The molecule has 0 saturated heterocycles. The van der Waals surface area contributed by atoms with Crippen molar-refractivity contribution in [3.8, 4) is 0 Å². The highest BCUT2D eigenvalue weighted by atomic mass is 32.2. The highest BCUT2D eigenvalue weighted by Crippen LogP contribution is 2.59. The number of hydrogen-bond acceptors (Lipinski definition) is 4. The van der Waals surface area contributed by atoms with Gasteiger partial charge >= 0.3 is 13.3 Å². The fraction of sp³-hybridized carbons (Fsp3) is 0.296. The van der Waals surface area contributed by atoms with Crippen molar-refractivity contribution < 1.29 is 36.3 Å². The molecule has 1 atom stereocenters. The largest absolute Gasteiger partial charge is 0.399 e. The summed E-state index contributed by atoms with van der Waals surface area (Å²) in [6.07, 6.45) is 2.14. The summed E-state index contributed by atoms with van der Waals surface area (Å²) >= 11 is 0. The minimum Gasteiger partial charge on any atom is -0.355 e. The number of nitrogens with one attached hydrogen (secondary N) is 2. The van der Waals surface area contributed by atoms with Crippen molar-refractivity contribution in [3.63, 3.8) is 0 Å². The predicted octanol–water partition coefficient (Wildman–Crippen LogP) is 4.08. The molecule has 12 heteroatoms. The Morgan fingerprint density at radius 2 is 1.41 bits per heavy atom. The lowest BCUT2D eigenvalue weighted by Gasteiger charge is -2.20. The number of halogens is 2. The summed E-state index contributed by atoms with van der Waals surface area (Å²) in [5.41, 5.74) is -3.24. The van der Waals surface area contributed by atoms with Crippen LogP contribution < -0.4 is 10.0 Å². The van der Waals surface area contributed by atoms with Gasteiger partial charge in [-0.15, -0.1) is 0 Å². The molecule has 0 heterocycles.